The summed E-state index contributed by atoms with van der Waals surface area (Å²) in [4.78, 5) is 27.4. The predicted octanol–water partition coefficient (Wildman–Crippen LogP) is 1.21. The number of rotatable bonds is 4. The van der Waals surface area contributed by atoms with E-state index in [0.717, 1.165) is 21.3 Å². The lowest BCUT2D eigenvalue weighted by Gasteiger charge is -2.14. The maximum absolute atomic E-state index is 12.2. The molecule has 1 fully saturated rings. The standard InChI is InChI=1S/C16H16N6O2S/c1-20-11(14(23)21(2)16(20)24)9-13-19-22-12(17-18-15(22)25-13)8-10-6-4-3-5-7-10/h3-7,11H,8-9H2,1-2H3. The molecule has 3 aromatic rings. The molecule has 1 unspecified atom stereocenters. The molecule has 9 heteroatoms. The maximum Gasteiger partial charge on any atom is 0.326 e. The van der Waals surface area contributed by atoms with Gasteiger partial charge >= 0.3 is 6.03 Å². The van der Waals surface area contributed by atoms with Gasteiger partial charge in [-0.1, -0.05) is 41.7 Å². The van der Waals surface area contributed by atoms with Gasteiger partial charge in [-0.25, -0.2) is 4.79 Å². The third kappa shape index (κ3) is 2.66. The van der Waals surface area contributed by atoms with E-state index in [0.29, 0.717) is 17.8 Å². The molecular weight excluding hydrogens is 340 g/mol. The van der Waals surface area contributed by atoms with Crippen LogP contribution in [-0.2, 0) is 17.6 Å². The number of hydrogen-bond donors (Lipinski definition) is 0. The highest BCUT2D eigenvalue weighted by Crippen LogP contribution is 2.22. The highest BCUT2D eigenvalue weighted by atomic mass is 32.1. The molecule has 8 nitrogen and oxygen atoms in total. The SMILES string of the molecule is CN1C(=O)C(Cc2nn3c(Cc4ccccc4)nnc3s2)N(C)C1=O. The summed E-state index contributed by atoms with van der Waals surface area (Å²) in [5, 5.41) is 13.7. The second-order valence-corrected chi connectivity index (χ2v) is 7.02. The van der Waals surface area contributed by atoms with Gasteiger partial charge in [-0.05, 0) is 5.56 Å². The average molecular weight is 356 g/mol. The van der Waals surface area contributed by atoms with Gasteiger partial charge in [0.05, 0.1) is 0 Å². The zero-order valence-electron chi connectivity index (χ0n) is 13.8. The fraction of sp³-hybridized carbons (Fsp3) is 0.312. The van der Waals surface area contributed by atoms with Gasteiger partial charge < -0.3 is 4.90 Å². The molecule has 1 aromatic carbocycles. The molecule has 2 aromatic heterocycles. The molecule has 0 spiro atoms. The number of aromatic nitrogens is 4. The van der Waals surface area contributed by atoms with Crippen LogP contribution in [0.3, 0.4) is 0 Å². The lowest BCUT2D eigenvalue weighted by atomic mass is 10.1. The molecule has 1 saturated heterocycles. The first-order valence-electron chi connectivity index (χ1n) is 7.83. The molecule has 0 aliphatic carbocycles. The van der Waals surface area contributed by atoms with Crippen LogP contribution in [0, 0.1) is 0 Å². The van der Waals surface area contributed by atoms with Crippen molar-refractivity contribution in [1.29, 1.82) is 0 Å². The largest absolute Gasteiger partial charge is 0.326 e. The number of nitrogens with zero attached hydrogens (tertiary/aromatic N) is 6. The maximum atomic E-state index is 12.2. The Morgan fingerprint density at radius 1 is 1.12 bits per heavy atom. The quantitative estimate of drug-likeness (QED) is 0.656. The molecule has 0 saturated carbocycles. The fourth-order valence-electron chi connectivity index (χ4n) is 2.91. The Kier molecular flexibility index (Phi) is 3.72. The van der Waals surface area contributed by atoms with Crippen LogP contribution in [0.25, 0.3) is 4.96 Å². The molecule has 25 heavy (non-hydrogen) atoms. The molecule has 3 heterocycles. The van der Waals surface area contributed by atoms with E-state index in [1.807, 2.05) is 30.3 Å². The monoisotopic (exact) mass is 356 g/mol. The number of amides is 3. The summed E-state index contributed by atoms with van der Waals surface area (Å²) in [6.45, 7) is 0. The minimum atomic E-state index is -0.515. The van der Waals surface area contributed by atoms with Gasteiger partial charge in [0.25, 0.3) is 5.91 Å². The average Bonchev–Trinajstić information content (AvgIpc) is 3.23. The first-order chi connectivity index (χ1) is 12.0. The topological polar surface area (TPSA) is 83.7 Å². The molecular formula is C16H16N6O2S. The van der Waals surface area contributed by atoms with Gasteiger partial charge in [0, 0.05) is 26.9 Å². The van der Waals surface area contributed by atoms with Crippen LogP contribution in [-0.4, -0.2) is 61.7 Å². The van der Waals surface area contributed by atoms with Crippen molar-refractivity contribution in [3.8, 4) is 0 Å². The number of hydrogen-bond acceptors (Lipinski definition) is 6. The number of fused-ring (bicyclic) bond motifs is 1. The minimum Gasteiger partial charge on any atom is -0.315 e. The number of carbonyl (C=O) groups excluding carboxylic acids is 2. The Bertz CT molecular complexity index is 950. The second-order valence-electron chi connectivity index (χ2n) is 5.98. The van der Waals surface area contributed by atoms with Crippen LogP contribution >= 0.6 is 11.3 Å². The van der Waals surface area contributed by atoms with Gasteiger partial charge in [-0.15, -0.1) is 10.2 Å². The Labute approximate surface area is 147 Å². The number of likely N-dealkylation sites (N-methyl/N-ethyl adjacent to an activating group) is 2. The van der Waals surface area contributed by atoms with Crippen molar-refractivity contribution in [2.24, 2.45) is 0 Å². The molecule has 0 bridgehead atoms. The molecule has 3 amide bonds. The molecule has 0 radical (unpaired) electrons. The van der Waals surface area contributed by atoms with Crippen LogP contribution in [0.5, 0.6) is 0 Å². The first-order valence-corrected chi connectivity index (χ1v) is 8.64. The smallest absolute Gasteiger partial charge is 0.315 e. The molecule has 1 aliphatic heterocycles. The zero-order valence-corrected chi connectivity index (χ0v) is 14.6. The molecule has 4 rings (SSSR count). The van der Waals surface area contributed by atoms with E-state index in [4.69, 9.17) is 0 Å². The number of urea groups is 1. The normalized spacial score (nSPS) is 17.9. The van der Waals surface area contributed by atoms with Gasteiger partial charge in [0.2, 0.25) is 4.96 Å². The zero-order chi connectivity index (χ0) is 17.6. The van der Waals surface area contributed by atoms with Gasteiger partial charge in [-0.3, -0.25) is 9.69 Å². The number of carbonyl (C=O) groups is 2. The molecule has 128 valence electrons. The van der Waals surface area contributed by atoms with Crippen LogP contribution in [0.2, 0.25) is 0 Å². The Morgan fingerprint density at radius 3 is 2.56 bits per heavy atom. The number of benzene rings is 1. The fourth-order valence-corrected chi connectivity index (χ4v) is 3.80. The molecule has 0 N–H and O–H groups in total. The van der Waals surface area contributed by atoms with Crippen molar-refractivity contribution in [2.75, 3.05) is 14.1 Å². The molecule has 1 aliphatic rings. The van der Waals surface area contributed by atoms with Crippen LogP contribution in [0.4, 0.5) is 4.79 Å². The summed E-state index contributed by atoms with van der Waals surface area (Å²) in [6, 6.07) is 9.19. The third-order valence-electron chi connectivity index (χ3n) is 4.34. The van der Waals surface area contributed by atoms with E-state index in [1.54, 1.807) is 11.6 Å². The van der Waals surface area contributed by atoms with Crippen molar-refractivity contribution < 1.29 is 9.59 Å². The summed E-state index contributed by atoms with van der Waals surface area (Å²) in [5.74, 6) is 0.547. The van der Waals surface area contributed by atoms with Crippen molar-refractivity contribution in [1.82, 2.24) is 29.6 Å². The van der Waals surface area contributed by atoms with Crippen molar-refractivity contribution in [3.63, 3.8) is 0 Å². The summed E-state index contributed by atoms with van der Waals surface area (Å²) in [7, 11) is 3.13. The van der Waals surface area contributed by atoms with Crippen molar-refractivity contribution in [2.45, 2.75) is 18.9 Å². The van der Waals surface area contributed by atoms with E-state index in [-0.39, 0.29) is 11.9 Å². The minimum absolute atomic E-state index is 0.206. The van der Waals surface area contributed by atoms with E-state index in [9.17, 15) is 9.59 Å². The highest BCUT2D eigenvalue weighted by Gasteiger charge is 2.41. The van der Waals surface area contributed by atoms with Crippen LogP contribution in [0.15, 0.2) is 30.3 Å². The van der Waals surface area contributed by atoms with E-state index < -0.39 is 6.04 Å². The van der Waals surface area contributed by atoms with Gasteiger partial charge in [0.1, 0.15) is 11.0 Å². The lowest BCUT2D eigenvalue weighted by molar-refractivity contribution is -0.127. The van der Waals surface area contributed by atoms with Crippen LogP contribution < -0.4 is 0 Å². The Hall–Kier alpha value is -2.81. The Morgan fingerprint density at radius 2 is 1.88 bits per heavy atom. The third-order valence-corrected chi connectivity index (χ3v) is 5.26. The van der Waals surface area contributed by atoms with E-state index in [2.05, 4.69) is 15.3 Å². The summed E-state index contributed by atoms with van der Waals surface area (Å²) in [5.41, 5.74) is 1.13. The van der Waals surface area contributed by atoms with Gasteiger partial charge in [-0.2, -0.15) is 9.61 Å². The molecule has 1 atom stereocenters. The van der Waals surface area contributed by atoms with Crippen LogP contribution in [0.1, 0.15) is 16.4 Å². The Balaban J connectivity index is 1.58. The lowest BCUT2D eigenvalue weighted by Crippen LogP contribution is -2.33. The second kappa shape index (κ2) is 5.92. The predicted molar refractivity (Wildman–Crippen MR) is 91.3 cm³/mol. The summed E-state index contributed by atoms with van der Waals surface area (Å²) < 4.78 is 1.72. The highest BCUT2D eigenvalue weighted by molar-refractivity contribution is 7.16. The van der Waals surface area contributed by atoms with Crippen molar-refractivity contribution >= 4 is 28.2 Å². The number of imide groups is 1. The summed E-state index contributed by atoms with van der Waals surface area (Å²) >= 11 is 1.39. The van der Waals surface area contributed by atoms with Gasteiger partial charge in [0.15, 0.2) is 5.82 Å². The summed E-state index contributed by atoms with van der Waals surface area (Å²) in [6.07, 6.45) is 1.01. The van der Waals surface area contributed by atoms with E-state index in [1.165, 1.54) is 23.3 Å². The van der Waals surface area contributed by atoms with Crippen molar-refractivity contribution in [3.05, 3.63) is 46.7 Å². The first kappa shape index (κ1) is 15.7. The van der Waals surface area contributed by atoms with E-state index >= 15 is 0 Å².